The van der Waals surface area contributed by atoms with Gasteiger partial charge in [0.1, 0.15) is 16.8 Å². The Bertz CT molecular complexity index is 1180. The second-order valence-electron chi connectivity index (χ2n) is 11.2. The van der Waals surface area contributed by atoms with E-state index < -0.39 is 52.6 Å². The highest BCUT2D eigenvalue weighted by Crippen LogP contribution is 2.42. The highest BCUT2D eigenvalue weighted by molar-refractivity contribution is 6.11. The van der Waals surface area contributed by atoms with Crippen LogP contribution in [0.25, 0.3) is 0 Å². The van der Waals surface area contributed by atoms with Gasteiger partial charge in [-0.25, -0.2) is 14.4 Å². The van der Waals surface area contributed by atoms with Crippen LogP contribution in [0.4, 0.5) is 14.4 Å². The molecule has 0 aromatic heterocycles. The molecule has 0 atom stereocenters. The molecule has 38 heavy (non-hydrogen) atoms. The second kappa shape index (κ2) is 11.5. The Balaban J connectivity index is 2.69. The minimum Gasteiger partial charge on any atom is -0.428 e. The lowest BCUT2D eigenvalue weighted by Crippen LogP contribution is -2.29. The molecular formula is C28H34O10. The van der Waals surface area contributed by atoms with Crippen molar-refractivity contribution < 1.29 is 47.6 Å². The van der Waals surface area contributed by atoms with Crippen LogP contribution in [0.3, 0.4) is 0 Å². The highest BCUT2D eigenvalue weighted by atomic mass is 16.8. The van der Waals surface area contributed by atoms with Crippen LogP contribution in [0.2, 0.25) is 0 Å². The summed E-state index contributed by atoms with van der Waals surface area (Å²) in [7, 11) is 0. The molecule has 0 unspecified atom stereocenters. The van der Waals surface area contributed by atoms with Gasteiger partial charge in [-0.05, 0) is 74.4 Å². The predicted molar refractivity (Wildman–Crippen MR) is 137 cm³/mol. The lowest BCUT2D eigenvalue weighted by Gasteiger charge is -2.23. The Morgan fingerprint density at radius 2 is 0.947 bits per heavy atom. The maximum atomic E-state index is 13.4. The molecule has 0 amide bonds. The zero-order valence-electron chi connectivity index (χ0n) is 23.1. The van der Waals surface area contributed by atoms with Crippen molar-refractivity contribution in [3.8, 4) is 17.2 Å². The first-order chi connectivity index (χ1) is 17.3. The third-order valence-corrected chi connectivity index (χ3v) is 4.09. The van der Waals surface area contributed by atoms with Gasteiger partial charge in [0.25, 0.3) is 0 Å². The minimum absolute atomic E-state index is 0.169. The lowest BCUT2D eigenvalue weighted by molar-refractivity contribution is 0.0105. The zero-order chi connectivity index (χ0) is 28.9. The van der Waals surface area contributed by atoms with Crippen LogP contribution in [-0.4, -0.2) is 41.1 Å². The predicted octanol–water partition coefficient (Wildman–Crippen LogP) is 6.86. The van der Waals surface area contributed by atoms with Crippen LogP contribution in [-0.2, 0) is 14.2 Å². The van der Waals surface area contributed by atoms with E-state index in [1.165, 1.54) is 12.1 Å². The summed E-state index contributed by atoms with van der Waals surface area (Å²) < 4.78 is 31.7. The first kappa shape index (κ1) is 30.1. The van der Waals surface area contributed by atoms with Gasteiger partial charge in [-0.1, -0.05) is 30.3 Å². The molecule has 0 aliphatic heterocycles. The topological polar surface area (TPSA) is 124 Å². The Kier molecular flexibility index (Phi) is 9.15. The van der Waals surface area contributed by atoms with E-state index in [0.29, 0.717) is 0 Å². The fourth-order valence-corrected chi connectivity index (χ4v) is 2.82. The second-order valence-corrected chi connectivity index (χ2v) is 11.2. The Morgan fingerprint density at radius 3 is 1.39 bits per heavy atom. The first-order valence-electron chi connectivity index (χ1n) is 11.8. The lowest BCUT2D eigenvalue weighted by atomic mass is 10.0. The van der Waals surface area contributed by atoms with E-state index in [-0.39, 0.29) is 16.9 Å². The molecule has 0 fully saturated rings. The Hall–Kier alpha value is -4.08. The molecule has 206 valence electrons. The monoisotopic (exact) mass is 530 g/mol. The van der Waals surface area contributed by atoms with E-state index >= 15 is 0 Å². The number of hydrogen-bond donors (Lipinski definition) is 0. The fraction of sp³-hybridized carbons (Fsp3) is 0.429. The highest BCUT2D eigenvalue weighted by Gasteiger charge is 2.31. The van der Waals surface area contributed by atoms with Gasteiger partial charge in [-0.3, -0.25) is 4.79 Å². The van der Waals surface area contributed by atoms with Crippen molar-refractivity contribution in [3.05, 3.63) is 53.6 Å². The third kappa shape index (κ3) is 9.76. The molecule has 2 aromatic rings. The molecule has 0 saturated heterocycles. The molecule has 0 heterocycles. The molecule has 10 heteroatoms. The van der Waals surface area contributed by atoms with Gasteiger partial charge in [0.05, 0.1) is 5.56 Å². The molecule has 0 aliphatic carbocycles. The summed E-state index contributed by atoms with van der Waals surface area (Å²) in [5.41, 5.74) is -2.71. The quantitative estimate of drug-likeness (QED) is 0.175. The van der Waals surface area contributed by atoms with Crippen molar-refractivity contribution in [1.82, 2.24) is 0 Å². The fourth-order valence-electron chi connectivity index (χ4n) is 2.82. The molecule has 2 rings (SSSR count). The van der Waals surface area contributed by atoms with E-state index in [0.717, 1.165) is 0 Å². The first-order valence-corrected chi connectivity index (χ1v) is 11.8. The Labute approximate surface area is 222 Å². The average Bonchev–Trinajstić information content (AvgIpc) is 2.72. The average molecular weight is 531 g/mol. The molecule has 0 saturated carbocycles. The van der Waals surface area contributed by atoms with Crippen molar-refractivity contribution in [2.75, 3.05) is 0 Å². The summed E-state index contributed by atoms with van der Waals surface area (Å²) in [6, 6.07) is 10.6. The van der Waals surface area contributed by atoms with Crippen LogP contribution in [0.1, 0.15) is 78.2 Å². The van der Waals surface area contributed by atoms with Crippen molar-refractivity contribution in [3.63, 3.8) is 0 Å². The van der Waals surface area contributed by atoms with Gasteiger partial charge < -0.3 is 28.4 Å². The number of benzene rings is 2. The maximum absolute atomic E-state index is 13.4. The number of ketones is 1. The SMILES string of the molecule is CC(C)(C)OC(=O)Oc1ccc(C(=O)c2ccccc2)c(OC(=O)OC(C)(C)C)c1OC(=O)OC(C)(C)C. The molecule has 0 N–H and O–H groups in total. The largest absolute Gasteiger partial charge is 0.514 e. The van der Waals surface area contributed by atoms with E-state index in [9.17, 15) is 19.2 Å². The van der Waals surface area contributed by atoms with Crippen molar-refractivity contribution in [2.24, 2.45) is 0 Å². The van der Waals surface area contributed by atoms with Gasteiger partial charge >= 0.3 is 18.5 Å². The summed E-state index contributed by atoms with van der Waals surface area (Å²) in [5, 5.41) is 0. The minimum atomic E-state index is -1.20. The van der Waals surface area contributed by atoms with Crippen LogP contribution < -0.4 is 14.2 Å². The summed E-state index contributed by atoms with van der Waals surface area (Å²) in [4.78, 5) is 51.1. The van der Waals surface area contributed by atoms with Crippen molar-refractivity contribution in [1.29, 1.82) is 0 Å². The molecule has 10 nitrogen and oxygen atoms in total. The van der Waals surface area contributed by atoms with Gasteiger partial charge in [0.2, 0.25) is 5.75 Å². The molecule has 0 bridgehead atoms. The number of ether oxygens (including phenoxy) is 6. The number of carbonyl (C=O) groups excluding carboxylic acids is 4. The Morgan fingerprint density at radius 1 is 0.526 bits per heavy atom. The molecular weight excluding hydrogens is 496 g/mol. The number of hydrogen-bond acceptors (Lipinski definition) is 10. The van der Waals surface area contributed by atoms with Crippen molar-refractivity contribution >= 4 is 24.2 Å². The number of rotatable bonds is 5. The van der Waals surface area contributed by atoms with Gasteiger partial charge in [-0.2, -0.15) is 0 Å². The van der Waals surface area contributed by atoms with Gasteiger partial charge in [0, 0.05) is 5.56 Å². The zero-order valence-corrected chi connectivity index (χ0v) is 23.1. The van der Waals surface area contributed by atoms with Gasteiger partial charge in [-0.15, -0.1) is 0 Å². The van der Waals surface area contributed by atoms with E-state index in [1.807, 2.05) is 0 Å². The summed E-state index contributed by atoms with van der Waals surface area (Å²) in [5.74, 6) is -2.01. The summed E-state index contributed by atoms with van der Waals surface area (Å²) in [6.45, 7) is 14.6. The van der Waals surface area contributed by atoms with E-state index in [4.69, 9.17) is 28.4 Å². The van der Waals surface area contributed by atoms with E-state index in [1.54, 1.807) is 92.6 Å². The summed E-state index contributed by atoms with van der Waals surface area (Å²) >= 11 is 0. The molecule has 0 spiro atoms. The molecule has 0 aliphatic rings. The smallest absolute Gasteiger partial charge is 0.428 e. The molecule has 0 radical (unpaired) electrons. The van der Waals surface area contributed by atoms with Gasteiger partial charge in [0.15, 0.2) is 17.3 Å². The number of carbonyl (C=O) groups is 4. The summed E-state index contributed by atoms with van der Waals surface area (Å²) in [6.07, 6.45) is -3.52. The van der Waals surface area contributed by atoms with Crippen LogP contribution >= 0.6 is 0 Å². The van der Waals surface area contributed by atoms with Crippen molar-refractivity contribution in [2.45, 2.75) is 79.1 Å². The molecule has 2 aromatic carbocycles. The standard InChI is InChI=1S/C28H34O10/c1-26(2,3)36-23(30)33-19-16-15-18(20(29)17-13-11-10-12-14-17)21(34-24(31)37-27(4,5)6)22(19)35-25(32)38-28(7,8)9/h10-16H,1-9H3. The normalized spacial score (nSPS) is 11.7. The maximum Gasteiger partial charge on any atom is 0.514 e. The van der Waals surface area contributed by atoms with Crippen LogP contribution in [0, 0.1) is 0 Å². The third-order valence-electron chi connectivity index (χ3n) is 4.09. The van der Waals surface area contributed by atoms with Crippen LogP contribution in [0.15, 0.2) is 42.5 Å². The van der Waals surface area contributed by atoms with Crippen LogP contribution in [0.5, 0.6) is 17.2 Å². The van der Waals surface area contributed by atoms with E-state index in [2.05, 4.69) is 0 Å².